The second-order valence-corrected chi connectivity index (χ2v) is 8.52. The lowest BCUT2D eigenvalue weighted by Gasteiger charge is -2.34. The summed E-state index contributed by atoms with van der Waals surface area (Å²) in [6.45, 7) is 2.05. The second kappa shape index (κ2) is 7.48. The van der Waals surface area contributed by atoms with Gasteiger partial charge in [-0.15, -0.1) is 11.3 Å². The van der Waals surface area contributed by atoms with Crippen LogP contribution in [0.25, 0.3) is 10.2 Å². The highest BCUT2D eigenvalue weighted by Gasteiger charge is 2.31. The van der Waals surface area contributed by atoms with Crippen molar-refractivity contribution >= 4 is 39.2 Å². The minimum atomic E-state index is -0.0870. The average molecular weight is 407 g/mol. The van der Waals surface area contributed by atoms with Gasteiger partial charge >= 0.3 is 6.03 Å². The van der Waals surface area contributed by atoms with Crippen LogP contribution in [0.1, 0.15) is 40.7 Å². The molecule has 3 heterocycles. The van der Waals surface area contributed by atoms with E-state index < -0.39 is 0 Å². The number of hydrogen-bond donors (Lipinski definition) is 1. The maximum atomic E-state index is 13.3. The molecule has 0 saturated carbocycles. The summed E-state index contributed by atoms with van der Waals surface area (Å²) in [5, 5.41) is 3.82. The summed E-state index contributed by atoms with van der Waals surface area (Å²) in [6, 6.07) is 15.4. The van der Waals surface area contributed by atoms with Crippen molar-refractivity contribution in [3.63, 3.8) is 0 Å². The van der Waals surface area contributed by atoms with Gasteiger partial charge in [0, 0.05) is 30.9 Å². The summed E-state index contributed by atoms with van der Waals surface area (Å²) in [7, 11) is 0. The number of nitrogens with zero attached hydrogens (tertiary/aromatic N) is 3. The van der Waals surface area contributed by atoms with Gasteiger partial charge in [-0.25, -0.2) is 9.78 Å². The van der Waals surface area contributed by atoms with Crippen LogP contribution in [0, 0.1) is 0 Å². The van der Waals surface area contributed by atoms with Gasteiger partial charge in [0.2, 0.25) is 0 Å². The molecule has 5 rings (SSSR count). The first-order valence-electron chi connectivity index (χ1n) is 10.0. The largest absolute Gasteiger partial charge is 0.336 e. The maximum Gasteiger partial charge on any atom is 0.321 e. The van der Waals surface area contributed by atoms with Crippen LogP contribution < -0.4 is 10.2 Å². The van der Waals surface area contributed by atoms with E-state index in [1.807, 2.05) is 47.4 Å². The minimum absolute atomic E-state index is 0.0256. The Kier molecular flexibility index (Phi) is 4.67. The molecule has 1 unspecified atom stereocenters. The van der Waals surface area contributed by atoms with E-state index in [9.17, 15) is 9.59 Å². The first-order valence-corrected chi connectivity index (χ1v) is 10.8. The number of carbonyl (C=O) groups is 2. The van der Waals surface area contributed by atoms with Crippen molar-refractivity contribution in [3.05, 3.63) is 59.1 Å². The Morgan fingerprint density at radius 1 is 1.07 bits per heavy atom. The lowest BCUT2D eigenvalue weighted by Crippen LogP contribution is -2.38. The van der Waals surface area contributed by atoms with Gasteiger partial charge in [-0.2, -0.15) is 0 Å². The molecule has 6 nitrogen and oxygen atoms in total. The van der Waals surface area contributed by atoms with E-state index in [1.165, 1.54) is 0 Å². The maximum absolute atomic E-state index is 13.3. The lowest BCUT2D eigenvalue weighted by molar-refractivity contribution is 0.0611. The van der Waals surface area contributed by atoms with Crippen molar-refractivity contribution in [1.82, 2.24) is 15.2 Å². The molecule has 1 atom stereocenters. The molecule has 1 N–H and O–H groups in total. The fraction of sp³-hybridized carbons (Fsp3) is 0.318. The van der Waals surface area contributed by atoms with Crippen LogP contribution in [0.4, 0.5) is 10.5 Å². The number of aromatic nitrogens is 1. The minimum Gasteiger partial charge on any atom is -0.336 e. The topological polar surface area (TPSA) is 65.5 Å². The van der Waals surface area contributed by atoms with Crippen molar-refractivity contribution in [1.29, 1.82) is 0 Å². The highest BCUT2D eigenvalue weighted by atomic mass is 32.1. The number of amides is 3. The molecule has 2 aliphatic rings. The van der Waals surface area contributed by atoms with Crippen LogP contribution in [-0.2, 0) is 0 Å². The zero-order valence-electron chi connectivity index (χ0n) is 16.0. The van der Waals surface area contributed by atoms with E-state index in [2.05, 4.69) is 11.4 Å². The number of fused-ring (bicyclic) bond motifs is 1. The molecule has 0 bridgehead atoms. The lowest BCUT2D eigenvalue weighted by atomic mass is 10.0. The number of benzene rings is 2. The summed E-state index contributed by atoms with van der Waals surface area (Å²) in [6.07, 6.45) is 3.06. The SMILES string of the molecule is O=C1NCCN1c1ccc(C(=O)N2CCCCC2c2nc3ccccc3s2)cc1. The molecule has 0 radical (unpaired) electrons. The Labute approximate surface area is 173 Å². The van der Waals surface area contributed by atoms with Gasteiger partial charge in [-0.3, -0.25) is 9.69 Å². The van der Waals surface area contributed by atoms with Crippen molar-refractivity contribution < 1.29 is 9.59 Å². The Balaban J connectivity index is 1.40. The van der Waals surface area contributed by atoms with Crippen LogP contribution in [0.5, 0.6) is 0 Å². The van der Waals surface area contributed by atoms with E-state index in [0.29, 0.717) is 18.7 Å². The quantitative estimate of drug-likeness (QED) is 0.709. The molecule has 29 heavy (non-hydrogen) atoms. The highest BCUT2D eigenvalue weighted by Crippen LogP contribution is 2.36. The van der Waals surface area contributed by atoms with E-state index >= 15 is 0 Å². The Morgan fingerprint density at radius 3 is 2.66 bits per heavy atom. The summed E-state index contributed by atoms with van der Waals surface area (Å²) in [5.74, 6) is 0.0337. The molecule has 2 aliphatic heterocycles. The number of thiazole rings is 1. The third-order valence-corrected chi connectivity index (χ3v) is 6.78. The van der Waals surface area contributed by atoms with Gasteiger partial charge in [0.1, 0.15) is 5.01 Å². The summed E-state index contributed by atoms with van der Waals surface area (Å²) in [4.78, 5) is 33.6. The number of piperidine rings is 1. The number of urea groups is 1. The van der Waals surface area contributed by atoms with Crippen LogP contribution >= 0.6 is 11.3 Å². The fourth-order valence-corrected chi connectivity index (χ4v) is 5.25. The van der Waals surface area contributed by atoms with Crippen LogP contribution in [0.3, 0.4) is 0 Å². The summed E-state index contributed by atoms with van der Waals surface area (Å²) in [5.41, 5.74) is 2.47. The molecule has 2 saturated heterocycles. The fourth-order valence-electron chi connectivity index (χ4n) is 4.13. The molecule has 2 aromatic carbocycles. The van der Waals surface area contributed by atoms with Gasteiger partial charge in [0.25, 0.3) is 5.91 Å². The molecule has 7 heteroatoms. The third kappa shape index (κ3) is 3.35. The Bertz CT molecular complexity index is 1030. The number of nitrogens with one attached hydrogen (secondary N) is 1. The molecule has 2 fully saturated rings. The molecule has 0 aliphatic carbocycles. The normalized spacial score (nSPS) is 19.6. The van der Waals surface area contributed by atoms with Crippen molar-refractivity contribution in [2.24, 2.45) is 0 Å². The predicted molar refractivity (Wildman–Crippen MR) is 114 cm³/mol. The standard InChI is InChI=1S/C22H22N4O2S/c27-21(15-8-10-16(11-9-15)25-14-12-23-22(25)28)26-13-4-3-6-18(26)20-24-17-5-1-2-7-19(17)29-20/h1-2,5,7-11,18H,3-4,6,12-14H2,(H,23,28). The monoisotopic (exact) mass is 406 g/mol. The molecular weight excluding hydrogens is 384 g/mol. The Hall–Kier alpha value is -2.93. The molecule has 0 spiro atoms. The van der Waals surface area contributed by atoms with Crippen molar-refractivity contribution in [2.75, 3.05) is 24.5 Å². The zero-order chi connectivity index (χ0) is 19.8. The zero-order valence-corrected chi connectivity index (χ0v) is 16.8. The number of carbonyl (C=O) groups excluding carboxylic acids is 2. The predicted octanol–water partition coefficient (Wildman–Crippen LogP) is 4.19. The summed E-state index contributed by atoms with van der Waals surface area (Å²) >= 11 is 1.68. The molecular formula is C22H22N4O2S. The first kappa shape index (κ1) is 18.1. The van der Waals surface area contributed by atoms with E-state index in [-0.39, 0.29) is 18.0 Å². The average Bonchev–Trinajstić information content (AvgIpc) is 3.39. The number of para-hydroxylation sites is 1. The highest BCUT2D eigenvalue weighted by molar-refractivity contribution is 7.18. The third-order valence-electron chi connectivity index (χ3n) is 5.64. The van der Waals surface area contributed by atoms with E-state index in [4.69, 9.17) is 4.98 Å². The Morgan fingerprint density at radius 2 is 1.90 bits per heavy atom. The van der Waals surface area contributed by atoms with Crippen molar-refractivity contribution in [2.45, 2.75) is 25.3 Å². The van der Waals surface area contributed by atoms with Gasteiger partial charge in [-0.1, -0.05) is 12.1 Å². The number of likely N-dealkylation sites (tertiary alicyclic amines) is 1. The molecule has 148 valence electrons. The van der Waals surface area contributed by atoms with Gasteiger partial charge in [0.05, 0.1) is 16.3 Å². The summed E-state index contributed by atoms with van der Waals surface area (Å²) < 4.78 is 1.16. The van der Waals surface area contributed by atoms with Gasteiger partial charge in [-0.05, 0) is 55.7 Å². The molecule has 3 aromatic rings. The number of rotatable bonds is 3. The molecule has 3 amide bonds. The van der Waals surface area contributed by atoms with Crippen LogP contribution in [0.15, 0.2) is 48.5 Å². The smallest absolute Gasteiger partial charge is 0.321 e. The first-order chi connectivity index (χ1) is 14.2. The van der Waals surface area contributed by atoms with Crippen molar-refractivity contribution in [3.8, 4) is 0 Å². The van der Waals surface area contributed by atoms with Gasteiger partial charge in [0.15, 0.2) is 0 Å². The van der Waals surface area contributed by atoms with Crippen LogP contribution in [0.2, 0.25) is 0 Å². The molecule has 1 aromatic heterocycles. The van der Waals surface area contributed by atoms with Gasteiger partial charge < -0.3 is 10.2 Å². The second-order valence-electron chi connectivity index (χ2n) is 7.46. The van der Waals surface area contributed by atoms with Crippen LogP contribution in [-0.4, -0.2) is 41.5 Å². The number of hydrogen-bond acceptors (Lipinski definition) is 4. The van der Waals surface area contributed by atoms with E-state index in [1.54, 1.807) is 16.2 Å². The number of anilines is 1. The van der Waals surface area contributed by atoms with E-state index in [0.717, 1.165) is 46.7 Å².